The highest BCUT2D eigenvalue weighted by Gasteiger charge is 2.41. The van der Waals surface area contributed by atoms with Gasteiger partial charge in [0.05, 0.1) is 23.4 Å². The van der Waals surface area contributed by atoms with Crippen molar-refractivity contribution in [3.8, 4) is 0 Å². The Balaban J connectivity index is 1.71. The molecule has 28 heavy (non-hydrogen) atoms. The lowest BCUT2D eigenvalue weighted by atomic mass is 9.74. The van der Waals surface area contributed by atoms with Crippen LogP contribution >= 0.6 is 0 Å². The molecule has 8 heteroatoms. The van der Waals surface area contributed by atoms with Crippen molar-refractivity contribution in [1.82, 2.24) is 15.0 Å². The van der Waals surface area contributed by atoms with Crippen LogP contribution in [0.1, 0.15) is 41.7 Å². The summed E-state index contributed by atoms with van der Waals surface area (Å²) in [6.07, 6.45) is 4.03. The molecule has 140 valence electrons. The molecular weight excluding hydrogens is 360 g/mol. The zero-order valence-electron chi connectivity index (χ0n) is 14.7. The van der Waals surface area contributed by atoms with Crippen molar-refractivity contribution < 1.29 is 9.21 Å². The lowest BCUT2D eigenvalue weighted by molar-refractivity contribution is -0.116. The molecule has 0 aromatic carbocycles. The highest BCUT2D eigenvalue weighted by atomic mass is 16.3. The van der Waals surface area contributed by atoms with E-state index < -0.39 is 17.2 Å². The molecule has 3 N–H and O–H groups in total. The Bertz CT molecular complexity index is 1210. The van der Waals surface area contributed by atoms with Gasteiger partial charge in [0.2, 0.25) is 0 Å². The maximum atomic E-state index is 13.2. The third-order valence-electron chi connectivity index (χ3n) is 5.27. The van der Waals surface area contributed by atoms with Gasteiger partial charge in [0.1, 0.15) is 11.6 Å². The number of H-pyrrole nitrogens is 2. The van der Waals surface area contributed by atoms with E-state index in [1.54, 1.807) is 30.7 Å². The number of Topliss-reactive ketones (excluding diaryl/α,β-unsaturated/α-hetero) is 1. The van der Waals surface area contributed by atoms with Crippen molar-refractivity contribution in [3.05, 3.63) is 91.9 Å². The Morgan fingerprint density at radius 2 is 1.93 bits per heavy atom. The number of fused-ring (bicyclic) bond motifs is 1. The predicted octanol–water partition coefficient (Wildman–Crippen LogP) is 2.01. The van der Waals surface area contributed by atoms with Gasteiger partial charge in [-0.1, -0.05) is 6.07 Å². The van der Waals surface area contributed by atoms with E-state index in [4.69, 9.17) is 4.42 Å². The normalized spacial score (nSPS) is 21.1. The van der Waals surface area contributed by atoms with E-state index in [0.29, 0.717) is 34.8 Å². The standard InChI is InChI=1S/C20H16N4O4/c25-13-9-10(14-5-3-7-28-14)8-12-15(13)16(11-4-1-2-6-21-11)17-18(22-12)23-20(27)24-19(17)26/h1-7,10,16H,8-9H2,(H3,22,23,24,26,27). The van der Waals surface area contributed by atoms with E-state index in [1.807, 2.05) is 12.1 Å². The van der Waals surface area contributed by atoms with E-state index in [-0.39, 0.29) is 18.1 Å². The minimum Gasteiger partial charge on any atom is -0.469 e. The maximum absolute atomic E-state index is 13.2. The van der Waals surface area contributed by atoms with Gasteiger partial charge < -0.3 is 9.73 Å². The third-order valence-corrected chi connectivity index (χ3v) is 5.27. The summed E-state index contributed by atoms with van der Waals surface area (Å²) >= 11 is 0. The molecule has 2 aliphatic rings. The molecule has 0 radical (unpaired) electrons. The molecule has 2 unspecified atom stereocenters. The molecule has 3 aromatic heterocycles. The molecule has 0 spiro atoms. The van der Waals surface area contributed by atoms with Crippen LogP contribution in [0.4, 0.5) is 5.82 Å². The van der Waals surface area contributed by atoms with E-state index >= 15 is 0 Å². The summed E-state index contributed by atoms with van der Waals surface area (Å²) < 4.78 is 5.49. The number of aromatic amines is 2. The summed E-state index contributed by atoms with van der Waals surface area (Å²) in [5.74, 6) is 0.228. The van der Waals surface area contributed by atoms with Crippen molar-refractivity contribution in [2.75, 3.05) is 5.32 Å². The monoisotopic (exact) mass is 376 g/mol. The van der Waals surface area contributed by atoms with Gasteiger partial charge in [-0.2, -0.15) is 0 Å². The molecule has 0 saturated heterocycles. The van der Waals surface area contributed by atoms with Crippen molar-refractivity contribution in [2.24, 2.45) is 0 Å². The molecule has 0 fully saturated rings. The number of hydrogen-bond donors (Lipinski definition) is 3. The fraction of sp³-hybridized carbons (Fsp3) is 0.200. The Kier molecular flexibility index (Phi) is 3.65. The number of anilines is 1. The molecule has 5 rings (SSSR count). The smallest absolute Gasteiger partial charge is 0.327 e. The zero-order chi connectivity index (χ0) is 19.3. The van der Waals surface area contributed by atoms with E-state index in [0.717, 1.165) is 5.76 Å². The van der Waals surface area contributed by atoms with Gasteiger partial charge in [-0.3, -0.25) is 24.5 Å². The number of aromatic nitrogens is 3. The van der Waals surface area contributed by atoms with Crippen molar-refractivity contribution in [2.45, 2.75) is 24.7 Å². The van der Waals surface area contributed by atoms with Crippen LogP contribution in [-0.2, 0) is 4.79 Å². The number of pyridine rings is 1. The molecule has 1 aliphatic heterocycles. The van der Waals surface area contributed by atoms with Crippen LogP contribution in [0.2, 0.25) is 0 Å². The average molecular weight is 376 g/mol. The first-order valence-corrected chi connectivity index (χ1v) is 8.96. The Labute approximate surface area is 158 Å². The van der Waals surface area contributed by atoms with E-state index in [1.165, 1.54) is 0 Å². The minimum atomic E-state index is -0.641. The number of carbonyl (C=O) groups excluding carboxylic acids is 1. The van der Waals surface area contributed by atoms with Gasteiger partial charge in [-0.25, -0.2) is 4.79 Å². The summed E-state index contributed by atoms with van der Waals surface area (Å²) in [5, 5.41) is 3.12. The molecule has 2 atom stereocenters. The number of allylic oxidation sites excluding steroid dienone is 2. The van der Waals surface area contributed by atoms with Crippen LogP contribution in [0.25, 0.3) is 0 Å². The molecule has 0 saturated carbocycles. The van der Waals surface area contributed by atoms with Crippen LogP contribution in [0.3, 0.4) is 0 Å². The molecule has 4 heterocycles. The van der Waals surface area contributed by atoms with Crippen molar-refractivity contribution in [3.63, 3.8) is 0 Å². The lowest BCUT2D eigenvalue weighted by Crippen LogP contribution is -2.37. The summed E-state index contributed by atoms with van der Waals surface area (Å²) in [6.45, 7) is 0. The van der Waals surface area contributed by atoms with Crippen LogP contribution in [0.5, 0.6) is 0 Å². The molecule has 3 aromatic rings. The Morgan fingerprint density at radius 1 is 1.04 bits per heavy atom. The molecule has 0 bridgehead atoms. The summed E-state index contributed by atoms with van der Waals surface area (Å²) in [7, 11) is 0. The first kappa shape index (κ1) is 16.5. The second kappa shape index (κ2) is 6.19. The minimum absolute atomic E-state index is 0.0675. The highest BCUT2D eigenvalue weighted by molar-refractivity contribution is 6.01. The number of furan rings is 1. The van der Waals surface area contributed by atoms with E-state index in [2.05, 4.69) is 20.3 Å². The van der Waals surface area contributed by atoms with Crippen LogP contribution in [0, 0.1) is 0 Å². The number of carbonyl (C=O) groups is 1. The van der Waals surface area contributed by atoms with Crippen molar-refractivity contribution >= 4 is 11.6 Å². The van der Waals surface area contributed by atoms with Gasteiger partial charge in [0.25, 0.3) is 5.56 Å². The summed E-state index contributed by atoms with van der Waals surface area (Å²) in [4.78, 5) is 46.9. The molecule has 1 aliphatic carbocycles. The van der Waals surface area contributed by atoms with E-state index in [9.17, 15) is 14.4 Å². The fourth-order valence-electron chi connectivity index (χ4n) is 4.12. The van der Waals surface area contributed by atoms with Gasteiger partial charge in [0, 0.05) is 29.8 Å². The highest BCUT2D eigenvalue weighted by Crippen LogP contribution is 2.45. The zero-order valence-corrected chi connectivity index (χ0v) is 14.7. The van der Waals surface area contributed by atoms with Crippen LogP contribution in [-0.4, -0.2) is 20.7 Å². The summed E-state index contributed by atoms with van der Waals surface area (Å²) in [5.41, 5.74) is 0.940. The van der Waals surface area contributed by atoms with Crippen LogP contribution in [0.15, 0.2) is 68.1 Å². The van der Waals surface area contributed by atoms with Crippen molar-refractivity contribution in [1.29, 1.82) is 0 Å². The number of hydrogen-bond acceptors (Lipinski definition) is 6. The first-order chi connectivity index (χ1) is 13.6. The predicted molar refractivity (Wildman–Crippen MR) is 100 cm³/mol. The van der Waals surface area contributed by atoms with Gasteiger partial charge in [-0.15, -0.1) is 0 Å². The van der Waals surface area contributed by atoms with Gasteiger partial charge >= 0.3 is 5.69 Å². The topological polar surface area (TPSA) is 121 Å². The molecule has 8 nitrogen and oxygen atoms in total. The molecule has 0 amide bonds. The Hall–Kier alpha value is -3.68. The van der Waals surface area contributed by atoms with Gasteiger partial charge in [0.15, 0.2) is 5.78 Å². The average Bonchev–Trinajstić information content (AvgIpc) is 3.21. The van der Waals surface area contributed by atoms with Gasteiger partial charge in [-0.05, 0) is 30.7 Å². The first-order valence-electron chi connectivity index (χ1n) is 8.96. The number of ketones is 1. The maximum Gasteiger partial charge on any atom is 0.327 e. The number of nitrogens with zero attached hydrogens (tertiary/aromatic N) is 1. The second-order valence-electron chi connectivity index (χ2n) is 6.95. The number of rotatable bonds is 2. The summed E-state index contributed by atoms with van der Waals surface area (Å²) in [6, 6.07) is 9.00. The quantitative estimate of drug-likeness (QED) is 0.629. The number of nitrogens with one attached hydrogen (secondary N) is 3. The SMILES string of the molecule is O=C1CC(c2ccco2)CC2=C1C(c1ccccn1)c1c([nH]c(=O)[nH]c1=O)N2. The lowest BCUT2D eigenvalue weighted by Gasteiger charge is -2.34. The molecular formula is C20H16N4O4. The fourth-order valence-corrected chi connectivity index (χ4v) is 4.12. The third kappa shape index (κ3) is 2.53. The van der Waals surface area contributed by atoms with Crippen LogP contribution < -0.4 is 16.6 Å². The second-order valence-corrected chi connectivity index (χ2v) is 6.95. The Morgan fingerprint density at radius 3 is 2.68 bits per heavy atom. The largest absolute Gasteiger partial charge is 0.469 e.